The molecule has 1 N–H and O–H groups in total. The summed E-state index contributed by atoms with van der Waals surface area (Å²) in [4.78, 5) is 16.7. The predicted molar refractivity (Wildman–Crippen MR) is 109 cm³/mol. The maximum atomic E-state index is 12.1. The van der Waals surface area contributed by atoms with Crippen molar-refractivity contribution in [1.82, 2.24) is 4.98 Å². The van der Waals surface area contributed by atoms with E-state index in [0.717, 1.165) is 30.5 Å². The largest absolute Gasteiger partial charge is 0.494 e. The Bertz CT molecular complexity index is 882. The average molecular weight is 437 g/mol. The van der Waals surface area contributed by atoms with Crippen LogP contribution in [0.25, 0.3) is 10.2 Å². The molecule has 0 aliphatic rings. The number of para-hydroxylation sites is 1. The molecule has 0 aliphatic heterocycles. The lowest BCUT2D eigenvalue weighted by Crippen LogP contribution is -2.12. The van der Waals surface area contributed by atoms with Gasteiger partial charge in [0, 0.05) is 16.6 Å². The van der Waals surface area contributed by atoms with Gasteiger partial charge in [0.25, 0.3) is 0 Å². The number of hydrogen-bond donors (Lipinski definition) is 1. The third-order valence-electron chi connectivity index (χ3n) is 3.35. The van der Waals surface area contributed by atoms with Crippen molar-refractivity contribution >= 4 is 60.8 Å². The van der Waals surface area contributed by atoms with Crippen molar-refractivity contribution in [2.75, 3.05) is 17.7 Å². The van der Waals surface area contributed by atoms with Crippen LogP contribution in [0.15, 0.2) is 51.3 Å². The Morgan fingerprint density at radius 2 is 2.16 bits per heavy atom. The number of ether oxygens (including phenoxy) is 1. The van der Waals surface area contributed by atoms with Crippen molar-refractivity contribution in [3.8, 4) is 5.75 Å². The third kappa shape index (κ3) is 4.96. The second kappa shape index (κ2) is 8.69. The summed E-state index contributed by atoms with van der Waals surface area (Å²) in [6, 6.07) is 13.5. The number of nitrogens with one attached hydrogen (secondary N) is 1. The van der Waals surface area contributed by atoms with Crippen LogP contribution < -0.4 is 10.1 Å². The highest BCUT2D eigenvalue weighted by Gasteiger charge is 2.09. The molecule has 7 heteroatoms. The number of thioether (sulfide) groups is 1. The number of fused-ring (bicyclic) bond motifs is 1. The van der Waals surface area contributed by atoms with Gasteiger partial charge in [-0.15, -0.1) is 11.3 Å². The number of carbonyl (C=O) groups excluding carboxylic acids is 1. The van der Waals surface area contributed by atoms with Gasteiger partial charge in [0.05, 0.1) is 22.5 Å². The number of halogens is 1. The van der Waals surface area contributed by atoms with Crippen LogP contribution in [-0.2, 0) is 4.79 Å². The first kappa shape index (κ1) is 18.2. The summed E-state index contributed by atoms with van der Waals surface area (Å²) in [5.41, 5.74) is 1.76. The van der Waals surface area contributed by atoms with Crippen LogP contribution in [0.5, 0.6) is 5.75 Å². The van der Waals surface area contributed by atoms with Gasteiger partial charge in [0.15, 0.2) is 4.34 Å². The van der Waals surface area contributed by atoms with Crippen molar-refractivity contribution in [2.45, 2.75) is 17.7 Å². The average Bonchev–Trinajstić information content (AvgIpc) is 2.99. The Kier molecular flexibility index (Phi) is 6.34. The van der Waals surface area contributed by atoms with E-state index in [-0.39, 0.29) is 5.91 Å². The molecule has 25 heavy (non-hydrogen) atoms. The number of nitrogens with zero attached hydrogens (tertiary/aromatic N) is 1. The van der Waals surface area contributed by atoms with Crippen molar-refractivity contribution < 1.29 is 9.53 Å². The number of benzene rings is 2. The third-order valence-corrected chi connectivity index (χ3v) is 6.21. The van der Waals surface area contributed by atoms with Gasteiger partial charge < -0.3 is 10.1 Å². The maximum Gasteiger partial charge on any atom is 0.225 e. The first-order valence-electron chi connectivity index (χ1n) is 7.86. The summed E-state index contributed by atoms with van der Waals surface area (Å²) in [5.74, 6) is 1.55. The van der Waals surface area contributed by atoms with E-state index < -0.39 is 0 Å². The van der Waals surface area contributed by atoms with Crippen LogP contribution >= 0.6 is 39.0 Å². The van der Waals surface area contributed by atoms with Crippen molar-refractivity contribution in [3.05, 3.63) is 46.9 Å². The molecule has 3 aromatic rings. The Morgan fingerprint density at radius 3 is 2.96 bits per heavy atom. The molecule has 4 nitrogen and oxygen atoms in total. The molecule has 1 heterocycles. The standard InChI is InChI=1S/C18H17BrN2O2S2/c1-2-23-12-7-8-15-16(11-12)25-18(21-15)24-10-9-17(22)20-14-6-4-3-5-13(14)19/h3-8,11H,2,9-10H2,1H3,(H,20,22). The molecule has 0 saturated heterocycles. The lowest BCUT2D eigenvalue weighted by molar-refractivity contribution is -0.115. The van der Waals surface area contributed by atoms with Crippen LogP contribution in [0.4, 0.5) is 5.69 Å². The Labute approximate surface area is 163 Å². The maximum absolute atomic E-state index is 12.1. The molecule has 0 bridgehead atoms. The van der Waals surface area contributed by atoms with Gasteiger partial charge >= 0.3 is 0 Å². The number of thiazole rings is 1. The summed E-state index contributed by atoms with van der Waals surface area (Å²) < 4.78 is 8.47. The monoisotopic (exact) mass is 436 g/mol. The quantitative estimate of drug-likeness (QED) is 0.491. The number of hydrogen-bond acceptors (Lipinski definition) is 5. The zero-order valence-electron chi connectivity index (χ0n) is 13.6. The molecule has 0 atom stereocenters. The van der Waals surface area contributed by atoms with Gasteiger partial charge in [-0.05, 0) is 53.2 Å². The summed E-state index contributed by atoms with van der Waals surface area (Å²) in [6.07, 6.45) is 0.437. The first-order chi connectivity index (χ1) is 12.2. The highest BCUT2D eigenvalue weighted by molar-refractivity contribution is 9.10. The van der Waals surface area contributed by atoms with E-state index in [2.05, 4.69) is 26.2 Å². The van der Waals surface area contributed by atoms with Gasteiger partial charge in [-0.2, -0.15) is 0 Å². The Balaban J connectivity index is 1.54. The van der Waals surface area contributed by atoms with Gasteiger partial charge in [-0.3, -0.25) is 4.79 Å². The highest BCUT2D eigenvalue weighted by atomic mass is 79.9. The molecular formula is C18H17BrN2O2S2. The fourth-order valence-electron chi connectivity index (χ4n) is 2.21. The zero-order chi connectivity index (χ0) is 17.6. The minimum absolute atomic E-state index is 0.000793. The molecule has 0 saturated carbocycles. The van der Waals surface area contributed by atoms with Gasteiger partial charge in [0.1, 0.15) is 5.75 Å². The molecule has 2 aromatic carbocycles. The van der Waals surface area contributed by atoms with Crippen LogP contribution in [0.1, 0.15) is 13.3 Å². The van der Waals surface area contributed by atoms with Crippen molar-refractivity contribution in [3.63, 3.8) is 0 Å². The summed E-state index contributed by atoms with van der Waals surface area (Å²) in [7, 11) is 0. The Morgan fingerprint density at radius 1 is 1.32 bits per heavy atom. The van der Waals surface area contributed by atoms with Crippen LogP contribution in [0, 0.1) is 0 Å². The van der Waals surface area contributed by atoms with Gasteiger partial charge in [-0.25, -0.2) is 4.98 Å². The SMILES string of the molecule is CCOc1ccc2nc(SCCC(=O)Nc3ccccc3Br)sc2c1. The molecule has 0 radical (unpaired) electrons. The number of rotatable bonds is 7. The highest BCUT2D eigenvalue weighted by Crippen LogP contribution is 2.32. The van der Waals surface area contributed by atoms with E-state index in [0.29, 0.717) is 18.8 Å². The smallest absolute Gasteiger partial charge is 0.225 e. The molecular weight excluding hydrogens is 420 g/mol. The number of anilines is 1. The summed E-state index contributed by atoms with van der Waals surface area (Å²) in [6.45, 7) is 2.62. The van der Waals surface area contributed by atoms with Crippen molar-refractivity contribution in [2.24, 2.45) is 0 Å². The van der Waals surface area contributed by atoms with E-state index in [1.165, 1.54) is 0 Å². The Hall–Kier alpha value is -1.57. The van der Waals surface area contributed by atoms with E-state index in [1.807, 2.05) is 49.4 Å². The second-order valence-electron chi connectivity index (χ2n) is 5.17. The van der Waals surface area contributed by atoms with E-state index in [1.54, 1.807) is 23.1 Å². The second-order valence-corrected chi connectivity index (χ2v) is 8.40. The van der Waals surface area contributed by atoms with Crippen LogP contribution in [-0.4, -0.2) is 23.3 Å². The van der Waals surface area contributed by atoms with Gasteiger partial charge in [-0.1, -0.05) is 23.9 Å². The van der Waals surface area contributed by atoms with Crippen LogP contribution in [0.2, 0.25) is 0 Å². The normalized spacial score (nSPS) is 10.8. The molecule has 0 spiro atoms. The molecule has 3 rings (SSSR count). The summed E-state index contributed by atoms with van der Waals surface area (Å²) in [5, 5.41) is 2.91. The van der Waals surface area contributed by atoms with E-state index in [9.17, 15) is 4.79 Å². The molecule has 0 aliphatic carbocycles. The van der Waals surface area contributed by atoms with Crippen LogP contribution in [0.3, 0.4) is 0 Å². The number of carbonyl (C=O) groups is 1. The molecule has 1 amide bonds. The number of aromatic nitrogens is 1. The lowest BCUT2D eigenvalue weighted by atomic mass is 10.3. The minimum Gasteiger partial charge on any atom is -0.494 e. The zero-order valence-corrected chi connectivity index (χ0v) is 16.8. The fourth-order valence-corrected chi connectivity index (χ4v) is 4.70. The molecule has 0 fully saturated rings. The molecule has 0 unspecified atom stereocenters. The molecule has 1 aromatic heterocycles. The van der Waals surface area contributed by atoms with Crippen molar-refractivity contribution in [1.29, 1.82) is 0 Å². The summed E-state index contributed by atoms with van der Waals surface area (Å²) >= 11 is 6.66. The van der Waals surface area contributed by atoms with E-state index >= 15 is 0 Å². The minimum atomic E-state index is -0.000793. The lowest BCUT2D eigenvalue weighted by Gasteiger charge is -2.06. The number of amides is 1. The van der Waals surface area contributed by atoms with E-state index in [4.69, 9.17) is 4.74 Å². The van der Waals surface area contributed by atoms with Gasteiger partial charge in [0.2, 0.25) is 5.91 Å². The fraction of sp³-hybridized carbons (Fsp3) is 0.222. The topological polar surface area (TPSA) is 51.2 Å². The first-order valence-corrected chi connectivity index (χ1v) is 10.5. The predicted octanol–water partition coefficient (Wildman–Crippen LogP) is 5.58. The molecule has 130 valence electrons.